The number of rotatable bonds is 4. The molecule has 0 aliphatic heterocycles. The van der Waals surface area contributed by atoms with E-state index in [1.165, 1.54) is 11.3 Å². The number of carbonyl (C=O) groups excluding carboxylic acids is 1. The van der Waals surface area contributed by atoms with Crippen LogP contribution in [0.15, 0.2) is 54.0 Å². The van der Waals surface area contributed by atoms with Crippen molar-refractivity contribution < 1.29 is 4.79 Å². The van der Waals surface area contributed by atoms with Crippen LogP contribution in [0.1, 0.15) is 5.69 Å². The molecule has 0 saturated carbocycles. The number of hydrogen-bond acceptors (Lipinski definition) is 4. The van der Waals surface area contributed by atoms with Crippen LogP contribution >= 0.6 is 22.9 Å². The Morgan fingerprint density at radius 2 is 2.00 bits per heavy atom. The van der Waals surface area contributed by atoms with Gasteiger partial charge in [0.1, 0.15) is 5.01 Å². The van der Waals surface area contributed by atoms with E-state index in [2.05, 4.69) is 15.3 Å². The number of aromatic nitrogens is 2. The Bertz CT molecular complexity index is 772. The number of amides is 1. The van der Waals surface area contributed by atoms with Crippen LogP contribution < -0.4 is 5.32 Å². The van der Waals surface area contributed by atoms with E-state index < -0.39 is 0 Å². The van der Waals surface area contributed by atoms with Gasteiger partial charge in [0.05, 0.1) is 17.8 Å². The molecule has 2 aromatic heterocycles. The SMILES string of the molecule is O=C(Cc1csc(-c2ccccn2)n1)Nc1ccc(Cl)cc1. The Labute approximate surface area is 136 Å². The number of nitrogens with zero attached hydrogens (tertiary/aromatic N) is 2. The lowest BCUT2D eigenvalue weighted by Gasteiger charge is -2.03. The molecule has 0 saturated heterocycles. The molecule has 0 aliphatic carbocycles. The average molecular weight is 330 g/mol. The Balaban J connectivity index is 1.65. The van der Waals surface area contributed by atoms with Gasteiger partial charge in [0.25, 0.3) is 0 Å². The highest BCUT2D eigenvalue weighted by Gasteiger charge is 2.09. The van der Waals surface area contributed by atoms with Crippen LogP contribution in [0.5, 0.6) is 0 Å². The highest BCUT2D eigenvalue weighted by molar-refractivity contribution is 7.13. The van der Waals surface area contributed by atoms with E-state index in [0.717, 1.165) is 22.1 Å². The summed E-state index contributed by atoms with van der Waals surface area (Å²) >= 11 is 7.29. The maximum Gasteiger partial charge on any atom is 0.230 e. The van der Waals surface area contributed by atoms with Gasteiger partial charge in [0.2, 0.25) is 5.91 Å². The lowest BCUT2D eigenvalue weighted by Crippen LogP contribution is -2.14. The minimum atomic E-state index is -0.111. The predicted molar refractivity (Wildman–Crippen MR) is 89.1 cm³/mol. The third-order valence-electron chi connectivity index (χ3n) is 2.91. The third-order valence-corrected chi connectivity index (χ3v) is 4.07. The summed E-state index contributed by atoms with van der Waals surface area (Å²) in [6.45, 7) is 0. The number of pyridine rings is 1. The minimum absolute atomic E-state index is 0.111. The van der Waals surface area contributed by atoms with E-state index >= 15 is 0 Å². The molecule has 3 rings (SSSR count). The van der Waals surface area contributed by atoms with Crippen LogP contribution in [0.4, 0.5) is 5.69 Å². The van der Waals surface area contributed by atoms with Gasteiger partial charge in [-0.25, -0.2) is 4.98 Å². The van der Waals surface area contributed by atoms with Crippen LogP contribution in [-0.4, -0.2) is 15.9 Å². The van der Waals surface area contributed by atoms with Crippen molar-refractivity contribution in [2.45, 2.75) is 6.42 Å². The molecule has 1 aromatic carbocycles. The molecule has 22 heavy (non-hydrogen) atoms. The second kappa shape index (κ2) is 6.68. The van der Waals surface area contributed by atoms with Crippen LogP contribution in [0.2, 0.25) is 5.02 Å². The summed E-state index contributed by atoms with van der Waals surface area (Å²) in [4.78, 5) is 20.7. The number of benzene rings is 1. The molecule has 0 radical (unpaired) electrons. The molecular formula is C16H12ClN3OS. The van der Waals surface area contributed by atoms with E-state index in [4.69, 9.17) is 11.6 Å². The zero-order chi connectivity index (χ0) is 15.4. The van der Waals surface area contributed by atoms with Crippen molar-refractivity contribution in [3.63, 3.8) is 0 Å². The Morgan fingerprint density at radius 1 is 1.18 bits per heavy atom. The second-order valence-corrected chi connectivity index (χ2v) is 5.89. The number of nitrogens with one attached hydrogen (secondary N) is 1. The van der Waals surface area contributed by atoms with Gasteiger partial charge in [0, 0.05) is 22.3 Å². The molecule has 3 aromatic rings. The number of anilines is 1. The molecule has 110 valence electrons. The molecule has 2 heterocycles. The highest BCUT2D eigenvalue weighted by Crippen LogP contribution is 2.21. The van der Waals surface area contributed by atoms with Gasteiger partial charge in [0.15, 0.2) is 0 Å². The molecule has 0 unspecified atom stereocenters. The van der Waals surface area contributed by atoms with Gasteiger partial charge in [-0.1, -0.05) is 17.7 Å². The first kappa shape index (κ1) is 14.7. The van der Waals surface area contributed by atoms with Crippen LogP contribution in [0.3, 0.4) is 0 Å². The maximum atomic E-state index is 12.0. The van der Waals surface area contributed by atoms with Crippen LogP contribution in [-0.2, 0) is 11.2 Å². The fourth-order valence-corrected chi connectivity index (χ4v) is 2.82. The average Bonchev–Trinajstić information content (AvgIpc) is 2.99. The van der Waals surface area contributed by atoms with Crippen molar-refractivity contribution in [1.29, 1.82) is 0 Å². The summed E-state index contributed by atoms with van der Waals surface area (Å²) in [5, 5.41) is 6.15. The summed E-state index contributed by atoms with van der Waals surface area (Å²) in [5.74, 6) is -0.111. The quantitative estimate of drug-likeness (QED) is 0.786. The number of thiazole rings is 1. The van der Waals surface area contributed by atoms with Gasteiger partial charge >= 0.3 is 0 Å². The van der Waals surface area contributed by atoms with Crippen molar-refractivity contribution in [3.05, 3.63) is 64.8 Å². The second-order valence-electron chi connectivity index (χ2n) is 4.59. The summed E-state index contributed by atoms with van der Waals surface area (Å²) in [5.41, 5.74) is 2.27. The first-order valence-electron chi connectivity index (χ1n) is 6.62. The van der Waals surface area contributed by atoms with Crippen LogP contribution in [0, 0.1) is 0 Å². The smallest absolute Gasteiger partial charge is 0.230 e. The molecule has 6 heteroatoms. The Morgan fingerprint density at radius 3 is 2.73 bits per heavy atom. The highest BCUT2D eigenvalue weighted by atomic mass is 35.5. The minimum Gasteiger partial charge on any atom is -0.326 e. The zero-order valence-corrected chi connectivity index (χ0v) is 13.1. The summed E-state index contributed by atoms with van der Waals surface area (Å²) in [7, 11) is 0. The van der Waals surface area contributed by atoms with Gasteiger partial charge in [-0.2, -0.15) is 0 Å². The number of carbonyl (C=O) groups is 1. The van der Waals surface area contributed by atoms with Crippen LogP contribution in [0.25, 0.3) is 10.7 Å². The van der Waals surface area contributed by atoms with E-state index in [1.807, 2.05) is 23.6 Å². The molecule has 0 spiro atoms. The standard InChI is InChI=1S/C16H12ClN3OS/c17-11-4-6-12(7-5-11)19-15(21)9-13-10-22-16(20-13)14-3-1-2-8-18-14/h1-8,10H,9H2,(H,19,21). The maximum absolute atomic E-state index is 12.0. The van der Waals surface area contributed by atoms with E-state index in [-0.39, 0.29) is 12.3 Å². The molecular weight excluding hydrogens is 318 g/mol. The van der Waals surface area contributed by atoms with Gasteiger partial charge < -0.3 is 5.32 Å². The predicted octanol–water partition coefficient (Wildman–Crippen LogP) is 4.04. The fraction of sp³-hybridized carbons (Fsp3) is 0.0625. The number of halogens is 1. The Kier molecular flexibility index (Phi) is 4.46. The summed E-state index contributed by atoms with van der Waals surface area (Å²) in [6.07, 6.45) is 1.95. The molecule has 0 bridgehead atoms. The van der Waals surface area contributed by atoms with Crippen molar-refractivity contribution in [1.82, 2.24) is 9.97 Å². The first-order valence-corrected chi connectivity index (χ1v) is 7.88. The van der Waals surface area contributed by atoms with Crippen molar-refractivity contribution >= 4 is 34.5 Å². The Hall–Kier alpha value is -2.24. The lowest BCUT2D eigenvalue weighted by atomic mass is 10.3. The van der Waals surface area contributed by atoms with Gasteiger partial charge in [-0.05, 0) is 36.4 Å². The normalized spacial score (nSPS) is 10.4. The first-order chi connectivity index (χ1) is 10.7. The summed E-state index contributed by atoms with van der Waals surface area (Å²) < 4.78 is 0. The zero-order valence-electron chi connectivity index (χ0n) is 11.5. The van der Waals surface area contributed by atoms with Gasteiger partial charge in [-0.3, -0.25) is 9.78 Å². The molecule has 1 amide bonds. The van der Waals surface area contributed by atoms with Crippen molar-refractivity contribution in [2.75, 3.05) is 5.32 Å². The molecule has 4 nitrogen and oxygen atoms in total. The molecule has 0 aliphatic rings. The topological polar surface area (TPSA) is 54.9 Å². The largest absolute Gasteiger partial charge is 0.326 e. The molecule has 1 N–H and O–H groups in total. The van der Waals surface area contributed by atoms with Crippen molar-refractivity contribution in [3.8, 4) is 10.7 Å². The van der Waals surface area contributed by atoms with E-state index in [0.29, 0.717) is 5.02 Å². The fourth-order valence-electron chi connectivity index (χ4n) is 1.90. The van der Waals surface area contributed by atoms with E-state index in [1.54, 1.807) is 30.5 Å². The monoisotopic (exact) mass is 329 g/mol. The lowest BCUT2D eigenvalue weighted by molar-refractivity contribution is -0.115. The molecule has 0 atom stereocenters. The molecule has 0 fully saturated rings. The number of hydrogen-bond donors (Lipinski definition) is 1. The van der Waals surface area contributed by atoms with Gasteiger partial charge in [-0.15, -0.1) is 11.3 Å². The third kappa shape index (κ3) is 3.69. The van der Waals surface area contributed by atoms with E-state index in [9.17, 15) is 4.79 Å². The summed E-state index contributed by atoms with van der Waals surface area (Å²) in [6, 6.07) is 12.7. The van der Waals surface area contributed by atoms with Crippen molar-refractivity contribution in [2.24, 2.45) is 0 Å².